The van der Waals surface area contributed by atoms with E-state index in [4.69, 9.17) is 6.57 Å². The summed E-state index contributed by atoms with van der Waals surface area (Å²) in [6.07, 6.45) is 13.9. The van der Waals surface area contributed by atoms with Crippen molar-refractivity contribution in [3.8, 4) is 0 Å². The van der Waals surface area contributed by atoms with Crippen molar-refractivity contribution in [2.24, 2.45) is 5.92 Å². The predicted octanol–water partition coefficient (Wildman–Crippen LogP) is 5.91. The molecule has 1 aliphatic rings. The number of aliphatic hydroxyl groups is 2. The van der Waals surface area contributed by atoms with E-state index < -0.39 is 12.2 Å². The number of hydrogen-bond acceptors (Lipinski definition) is 3. The van der Waals surface area contributed by atoms with Gasteiger partial charge in [0.1, 0.15) is 0 Å². The summed E-state index contributed by atoms with van der Waals surface area (Å²) in [7, 11) is 0. The zero-order valence-electron chi connectivity index (χ0n) is 17.5. The van der Waals surface area contributed by atoms with Crippen LogP contribution in [0.4, 0.5) is 0 Å². The maximum absolute atomic E-state index is 10.6. The van der Waals surface area contributed by atoms with Crippen LogP contribution in [0.3, 0.4) is 0 Å². The van der Waals surface area contributed by atoms with Crippen LogP contribution in [0.25, 0.3) is 4.85 Å². The number of rotatable bonds is 11. The molecule has 5 heteroatoms. The van der Waals surface area contributed by atoms with Gasteiger partial charge in [-0.3, -0.25) is 6.26 Å². The average Bonchev–Trinajstić information content (AvgIpc) is 3.03. The minimum atomic E-state index is -0.482. The van der Waals surface area contributed by atoms with Crippen molar-refractivity contribution in [1.82, 2.24) is 0 Å². The first-order valence-corrected chi connectivity index (χ1v) is 11.6. The van der Waals surface area contributed by atoms with Crippen LogP contribution in [0.1, 0.15) is 75.0 Å². The molecule has 1 saturated carbocycles. The molecule has 1 fully saturated rings. The Morgan fingerprint density at radius 1 is 1.24 bits per heavy atom. The molecule has 5 atom stereocenters. The Labute approximate surface area is 206 Å². The van der Waals surface area contributed by atoms with Gasteiger partial charge in [0.05, 0.1) is 12.2 Å². The SMILES string of the molecule is [C-]#[N+][C@@H]1C[C@@H](O)C(c2ccc(C(O)CCCCCC)cc2)C1C/C=C\CS[CH2-].[Y]. The Morgan fingerprint density at radius 2 is 1.97 bits per heavy atom. The van der Waals surface area contributed by atoms with Crippen LogP contribution in [0.15, 0.2) is 36.4 Å². The summed E-state index contributed by atoms with van der Waals surface area (Å²) in [5.74, 6) is 0.975. The maximum Gasteiger partial charge on any atom is 0.230 e. The van der Waals surface area contributed by atoms with Gasteiger partial charge < -0.3 is 26.8 Å². The summed E-state index contributed by atoms with van der Waals surface area (Å²) in [5, 5.41) is 21.1. The van der Waals surface area contributed by atoms with Gasteiger partial charge in [-0.15, -0.1) is 0 Å². The second-order valence-corrected chi connectivity index (χ2v) is 8.54. The Hall–Kier alpha value is -0.176. The van der Waals surface area contributed by atoms with Gasteiger partial charge in [0.2, 0.25) is 6.04 Å². The Bertz CT molecular complexity index is 643. The van der Waals surface area contributed by atoms with Gasteiger partial charge in [0, 0.05) is 51.0 Å². The third-order valence-corrected chi connectivity index (χ3v) is 6.27. The van der Waals surface area contributed by atoms with Crippen molar-refractivity contribution >= 4 is 11.8 Å². The monoisotopic (exact) mass is 489 g/mol. The fraction of sp³-hybridized carbons (Fsp3) is 0.583. The number of unbranched alkanes of at least 4 members (excludes halogenated alkanes) is 3. The van der Waals surface area contributed by atoms with E-state index in [-0.39, 0.29) is 50.6 Å². The van der Waals surface area contributed by atoms with E-state index >= 15 is 0 Å². The van der Waals surface area contributed by atoms with Crippen molar-refractivity contribution in [3.63, 3.8) is 0 Å². The first-order valence-electron chi connectivity index (χ1n) is 10.5. The van der Waals surface area contributed by atoms with Crippen molar-refractivity contribution in [2.45, 2.75) is 76.0 Å². The topological polar surface area (TPSA) is 44.8 Å². The second kappa shape index (κ2) is 14.8. The van der Waals surface area contributed by atoms with Crippen molar-refractivity contribution in [3.05, 3.63) is 65.2 Å². The molecule has 2 N–H and O–H groups in total. The zero-order chi connectivity index (χ0) is 20.4. The summed E-state index contributed by atoms with van der Waals surface area (Å²) in [5.41, 5.74) is 2.02. The van der Waals surface area contributed by atoms with Crippen LogP contribution in [0.2, 0.25) is 0 Å². The van der Waals surface area contributed by atoms with E-state index in [1.165, 1.54) is 31.0 Å². The first-order chi connectivity index (χ1) is 13.6. The van der Waals surface area contributed by atoms with Crippen LogP contribution in [-0.4, -0.2) is 28.1 Å². The Morgan fingerprint density at radius 3 is 2.59 bits per heavy atom. The molecule has 1 aliphatic carbocycles. The summed E-state index contributed by atoms with van der Waals surface area (Å²) >= 11 is 1.53. The molecule has 0 amide bonds. The fourth-order valence-corrected chi connectivity index (χ4v) is 4.55. The van der Waals surface area contributed by atoms with Crippen LogP contribution >= 0.6 is 11.8 Å². The molecule has 3 nitrogen and oxygen atoms in total. The van der Waals surface area contributed by atoms with Crippen LogP contribution in [0, 0.1) is 18.7 Å². The molecule has 0 heterocycles. The molecule has 0 aliphatic heterocycles. The fourth-order valence-electron chi connectivity index (χ4n) is 4.28. The Kier molecular flexibility index (Phi) is 13.7. The number of nitrogens with zero attached hydrogens (tertiary/aromatic N) is 1. The third kappa shape index (κ3) is 8.11. The van der Waals surface area contributed by atoms with Crippen LogP contribution in [-0.2, 0) is 32.7 Å². The van der Waals surface area contributed by atoms with Crippen molar-refractivity contribution < 1.29 is 42.9 Å². The maximum atomic E-state index is 10.6. The van der Waals surface area contributed by atoms with E-state index in [2.05, 4.69) is 30.2 Å². The van der Waals surface area contributed by atoms with Gasteiger partial charge >= 0.3 is 0 Å². The van der Waals surface area contributed by atoms with E-state index in [9.17, 15) is 10.2 Å². The Balaban J connectivity index is 0.00000420. The zero-order valence-corrected chi connectivity index (χ0v) is 21.2. The minimum Gasteiger partial charge on any atom is -0.392 e. The minimum absolute atomic E-state index is 0. The van der Waals surface area contributed by atoms with Crippen LogP contribution < -0.4 is 0 Å². The van der Waals surface area contributed by atoms with E-state index in [0.717, 1.165) is 36.1 Å². The summed E-state index contributed by atoms with van der Waals surface area (Å²) in [6.45, 7) is 9.71. The molecular formula is C24H34NO2SY-. The number of benzene rings is 1. The van der Waals surface area contributed by atoms with E-state index in [0.29, 0.717) is 6.42 Å². The molecule has 0 spiro atoms. The van der Waals surface area contributed by atoms with Gasteiger partial charge in [-0.1, -0.05) is 69.0 Å². The van der Waals surface area contributed by atoms with Gasteiger partial charge in [0.25, 0.3) is 0 Å². The quantitative estimate of drug-likeness (QED) is 0.231. The van der Waals surface area contributed by atoms with E-state index in [1.54, 1.807) is 0 Å². The number of allylic oxidation sites excluding steroid dienone is 1. The number of aliphatic hydroxyl groups excluding tert-OH is 2. The predicted molar refractivity (Wildman–Crippen MR) is 119 cm³/mol. The van der Waals surface area contributed by atoms with Crippen molar-refractivity contribution in [2.75, 3.05) is 5.75 Å². The molecule has 1 radical (unpaired) electrons. The van der Waals surface area contributed by atoms with Gasteiger partial charge in [0.15, 0.2) is 0 Å². The largest absolute Gasteiger partial charge is 0.392 e. The molecule has 1 aromatic carbocycles. The van der Waals surface area contributed by atoms with Crippen molar-refractivity contribution in [1.29, 1.82) is 0 Å². The molecule has 2 rings (SSSR count). The van der Waals surface area contributed by atoms with Gasteiger partial charge in [-0.05, 0) is 29.7 Å². The number of hydrogen-bond donors (Lipinski definition) is 2. The molecule has 157 valence electrons. The molecule has 0 bridgehead atoms. The van der Waals surface area contributed by atoms with E-state index in [1.807, 2.05) is 24.3 Å². The summed E-state index contributed by atoms with van der Waals surface area (Å²) < 4.78 is 0. The molecular weight excluding hydrogens is 455 g/mol. The standard InChI is InChI=1S/C24H34NO2S.Y/c1-4-5-6-7-11-22(26)18-12-14-19(15-13-18)24-20(10-8-9-16-28-3)21(25-2)17-23(24)27;/h8-9,12-15,20-24,26-27H,3-7,10-11,16-17H2,1H3;/q-1;/b9-8-;/t20?,21-,22?,23-,24?;/m1./s1. The van der Waals surface area contributed by atoms with Gasteiger partial charge in [-0.25, -0.2) is 6.57 Å². The molecule has 3 unspecified atom stereocenters. The molecule has 29 heavy (non-hydrogen) atoms. The third-order valence-electron chi connectivity index (χ3n) is 5.85. The normalized spacial score (nSPS) is 24.9. The number of thioether (sulfide) groups is 1. The van der Waals surface area contributed by atoms with Crippen LogP contribution in [0.5, 0.6) is 0 Å². The second-order valence-electron chi connectivity index (χ2n) is 7.80. The summed E-state index contributed by atoms with van der Waals surface area (Å²) in [4.78, 5) is 3.79. The van der Waals surface area contributed by atoms with Gasteiger partial charge in [-0.2, -0.15) is 0 Å². The smallest absolute Gasteiger partial charge is 0.230 e. The molecule has 0 aromatic heterocycles. The molecule has 1 aromatic rings. The molecule has 0 saturated heterocycles. The first kappa shape index (κ1) is 26.9. The summed E-state index contributed by atoms with van der Waals surface area (Å²) in [6, 6.07) is 7.91. The average molecular weight is 490 g/mol.